The molecule has 0 aliphatic heterocycles. The molecule has 0 aromatic carbocycles. The number of aryl methyl sites for hydroxylation is 1. The zero-order valence-corrected chi connectivity index (χ0v) is 11.6. The van der Waals surface area contributed by atoms with Crippen molar-refractivity contribution in [3.8, 4) is 0 Å². The number of hydrogen-bond acceptors (Lipinski definition) is 6. The van der Waals surface area contributed by atoms with Gasteiger partial charge in [0.2, 0.25) is 5.91 Å². The molecule has 2 aromatic rings. The summed E-state index contributed by atoms with van der Waals surface area (Å²) in [5, 5.41) is 13.0. The van der Waals surface area contributed by atoms with Gasteiger partial charge in [0.05, 0.1) is 23.6 Å². The summed E-state index contributed by atoms with van der Waals surface area (Å²) in [7, 11) is 0. The molecule has 2 aromatic heterocycles. The molecule has 3 N–H and O–H groups in total. The maximum atomic E-state index is 11.8. The molecule has 1 unspecified atom stereocenters. The topological polar surface area (TPSA) is 98.7 Å². The summed E-state index contributed by atoms with van der Waals surface area (Å²) in [4.78, 5) is 15.9. The van der Waals surface area contributed by atoms with Crippen LogP contribution < -0.4 is 11.1 Å². The molecule has 19 heavy (non-hydrogen) atoms. The van der Waals surface area contributed by atoms with Crippen LogP contribution in [0.4, 0.5) is 5.13 Å². The highest BCUT2D eigenvalue weighted by Gasteiger charge is 2.11. The quantitative estimate of drug-likeness (QED) is 0.854. The van der Waals surface area contributed by atoms with E-state index in [2.05, 4.69) is 20.6 Å². The average molecular weight is 280 g/mol. The molecule has 0 spiro atoms. The lowest BCUT2D eigenvalue weighted by molar-refractivity contribution is -0.116. The minimum Gasteiger partial charge on any atom is -0.323 e. The Hall–Kier alpha value is -1.80. The second kappa shape index (κ2) is 5.89. The van der Waals surface area contributed by atoms with E-state index in [-0.39, 0.29) is 18.5 Å². The Morgan fingerprint density at radius 1 is 1.63 bits per heavy atom. The molecule has 0 aliphatic carbocycles. The minimum absolute atomic E-state index is 0.0993. The molecule has 7 nitrogen and oxygen atoms in total. The lowest BCUT2D eigenvalue weighted by atomic mass is 10.2. The third-order valence-electron chi connectivity index (χ3n) is 2.55. The van der Waals surface area contributed by atoms with Gasteiger partial charge in [-0.05, 0) is 13.3 Å². The number of carbonyl (C=O) groups is 1. The van der Waals surface area contributed by atoms with Crippen LogP contribution >= 0.6 is 11.3 Å². The van der Waals surface area contributed by atoms with Crippen LogP contribution in [0.3, 0.4) is 0 Å². The van der Waals surface area contributed by atoms with Crippen molar-refractivity contribution in [2.24, 2.45) is 5.73 Å². The summed E-state index contributed by atoms with van der Waals surface area (Å²) in [5.41, 5.74) is 7.42. The molecule has 0 radical (unpaired) electrons. The van der Waals surface area contributed by atoms with Crippen molar-refractivity contribution in [2.75, 3.05) is 5.32 Å². The number of hydrogen-bond donors (Lipinski definition) is 2. The maximum Gasteiger partial charge on any atom is 0.247 e. The van der Waals surface area contributed by atoms with E-state index in [1.807, 2.05) is 19.2 Å². The van der Waals surface area contributed by atoms with Crippen LogP contribution in [-0.4, -0.2) is 25.9 Å². The number of rotatable bonds is 5. The normalized spacial score (nSPS) is 12.4. The molecule has 2 rings (SSSR count). The van der Waals surface area contributed by atoms with Crippen LogP contribution in [0, 0.1) is 6.92 Å². The fraction of sp³-hybridized carbons (Fsp3) is 0.455. The van der Waals surface area contributed by atoms with E-state index < -0.39 is 0 Å². The van der Waals surface area contributed by atoms with Crippen molar-refractivity contribution < 1.29 is 4.79 Å². The van der Waals surface area contributed by atoms with Crippen LogP contribution in [0.5, 0.6) is 0 Å². The molecule has 1 amide bonds. The number of anilines is 1. The molecule has 0 bridgehead atoms. The zero-order chi connectivity index (χ0) is 13.8. The number of aromatic nitrogens is 4. The molecule has 102 valence electrons. The van der Waals surface area contributed by atoms with Gasteiger partial charge < -0.3 is 11.1 Å². The summed E-state index contributed by atoms with van der Waals surface area (Å²) in [6, 6.07) is -0.140. The third-order valence-corrected chi connectivity index (χ3v) is 3.42. The standard InChI is InChI=1S/C11H16N6OS/c1-3-8(12)9-4-17(16-15-9)5-10(18)14-11-13-7(2)6-19-11/h4,6,8H,3,5,12H2,1-2H3,(H,13,14,18). The largest absolute Gasteiger partial charge is 0.323 e. The van der Waals surface area contributed by atoms with Gasteiger partial charge in [-0.2, -0.15) is 0 Å². The lowest BCUT2D eigenvalue weighted by Gasteiger charge is -2.02. The van der Waals surface area contributed by atoms with Crippen molar-refractivity contribution in [3.05, 3.63) is 23.0 Å². The molecular weight excluding hydrogens is 264 g/mol. The first-order chi connectivity index (χ1) is 9.08. The zero-order valence-electron chi connectivity index (χ0n) is 10.8. The molecule has 8 heteroatoms. The van der Waals surface area contributed by atoms with Gasteiger partial charge in [-0.1, -0.05) is 12.1 Å². The van der Waals surface area contributed by atoms with Crippen molar-refractivity contribution in [2.45, 2.75) is 32.9 Å². The summed E-state index contributed by atoms with van der Waals surface area (Å²) < 4.78 is 1.47. The molecular formula is C11H16N6OS. The Labute approximate surface area is 114 Å². The van der Waals surface area contributed by atoms with Gasteiger partial charge in [0.25, 0.3) is 0 Å². The first-order valence-corrected chi connectivity index (χ1v) is 6.84. The maximum absolute atomic E-state index is 11.8. The van der Waals surface area contributed by atoms with Gasteiger partial charge >= 0.3 is 0 Å². The number of thiazole rings is 1. The highest BCUT2D eigenvalue weighted by Crippen LogP contribution is 2.14. The van der Waals surface area contributed by atoms with Gasteiger partial charge in [0, 0.05) is 5.38 Å². The molecule has 2 heterocycles. The van der Waals surface area contributed by atoms with Crippen LogP contribution in [0.15, 0.2) is 11.6 Å². The summed E-state index contributed by atoms with van der Waals surface area (Å²) in [6.07, 6.45) is 2.48. The van der Waals surface area contributed by atoms with Crippen LogP contribution in [0.2, 0.25) is 0 Å². The minimum atomic E-state index is -0.184. The highest BCUT2D eigenvalue weighted by molar-refractivity contribution is 7.13. The van der Waals surface area contributed by atoms with Crippen molar-refractivity contribution in [1.29, 1.82) is 0 Å². The van der Waals surface area contributed by atoms with Crippen LogP contribution in [-0.2, 0) is 11.3 Å². The third kappa shape index (κ3) is 3.58. The number of nitrogens with zero attached hydrogens (tertiary/aromatic N) is 4. The second-order valence-corrected chi connectivity index (χ2v) is 5.06. The molecule has 0 fully saturated rings. The van der Waals surface area contributed by atoms with Gasteiger partial charge in [0.1, 0.15) is 6.54 Å². The monoisotopic (exact) mass is 280 g/mol. The van der Waals surface area contributed by atoms with Gasteiger partial charge in [-0.3, -0.25) is 4.79 Å². The number of nitrogens with one attached hydrogen (secondary N) is 1. The number of amides is 1. The van der Waals surface area contributed by atoms with Crippen molar-refractivity contribution >= 4 is 22.4 Å². The van der Waals surface area contributed by atoms with E-state index in [9.17, 15) is 4.79 Å². The first-order valence-electron chi connectivity index (χ1n) is 5.96. The second-order valence-electron chi connectivity index (χ2n) is 4.20. The Morgan fingerprint density at radius 2 is 2.42 bits per heavy atom. The van der Waals surface area contributed by atoms with E-state index in [1.54, 1.807) is 6.20 Å². The molecule has 0 aliphatic rings. The predicted octanol–water partition coefficient (Wildman–Crippen LogP) is 1.09. The van der Waals surface area contributed by atoms with E-state index in [0.29, 0.717) is 10.8 Å². The fourth-order valence-corrected chi connectivity index (χ4v) is 2.19. The van der Waals surface area contributed by atoms with Gasteiger partial charge in [-0.25, -0.2) is 9.67 Å². The van der Waals surface area contributed by atoms with Crippen molar-refractivity contribution in [3.63, 3.8) is 0 Å². The van der Waals surface area contributed by atoms with Crippen LogP contribution in [0.25, 0.3) is 0 Å². The number of carbonyl (C=O) groups excluding carboxylic acids is 1. The fourth-order valence-electron chi connectivity index (χ4n) is 1.49. The predicted molar refractivity (Wildman–Crippen MR) is 72.7 cm³/mol. The average Bonchev–Trinajstić information content (AvgIpc) is 2.98. The van der Waals surface area contributed by atoms with E-state index >= 15 is 0 Å². The summed E-state index contributed by atoms with van der Waals surface area (Å²) in [5.74, 6) is -0.184. The lowest BCUT2D eigenvalue weighted by Crippen LogP contribution is -2.19. The van der Waals surface area contributed by atoms with Crippen molar-refractivity contribution in [1.82, 2.24) is 20.0 Å². The van der Waals surface area contributed by atoms with Crippen LogP contribution in [0.1, 0.15) is 30.8 Å². The first kappa shape index (κ1) is 13.6. The van der Waals surface area contributed by atoms with Gasteiger partial charge in [-0.15, -0.1) is 16.4 Å². The summed E-state index contributed by atoms with van der Waals surface area (Å²) >= 11 is 1.39. The summed E-state index contributed by atoms with van der Waals surface area (Å²) in [6.45, 7) is 3.95. The Morgan fingerprint density at radius 3 is 3.05 bits per heavy atom. The Kier molecular flexibility index (Phi) is 4.23. The highest BCUT2D eigenvalue weighted by atomic mass is 32.1. The smallest absolute Gasteiger partial charge is 0.247 e. The molecule has 1 atom stereocenters. The Bertz CT molecular complexity index is 563. The SMILES string of the molecule is CCC(N)c1cn(CC(=O)Nc2nc(C)cs2)nn1. The van der Waals surface area contributed by atoms with E-state index in [0.717, 1.165) is 12.1 Å². The Balaban J connectivity index is 1.93. The van der Waals surface area contributed by atoms with Gasteiger partial charge in [0.15, 0.2) is 5.13 Å². The van der Waals surface area contributed by atoms with E-state index in [1.165, 1.54) is 16.0 Å². The van der Waals surface area contributed by atoms with E-state index in [4.69, 9.17) is 5.73 Å². The molecule has 0 saturated carbocycles. The molecule has 0 saturated heterocycles. The number of nitrogens with two attached hydrogens (primary N) is 1.